The van der Waals surface area contributed by atoms with Crippen LogP contribution in [0.3, 0.4) is 0 Å². The molecule has 2 heteroatoms. The number of fused-ring (bicyclic) bond motifs is 20. The van der Waals surface area contributed by atoms with Crippen LogP contribution in [0, 0.1) is 0 Å². The summed E-state index contributed by atoms with van der Waals surface area (Å²) in [4.78, 5) is 7.86. The fourth-order valence-electron chi connectivity index (χ4n) is 15.7. The largest absolute Gasteiger partial charge is 0.222 e. The summed E-state index contributed by atoms with van der Waals surface area (Å²) in [6.07, 6.45) is 10.1. The summed E-state index contributed by atoms with van der Waals surface area (Å²) in [7, 11) is -3.34. The molecule has 0 unspecified atom stereocenters. The minimum absolute atomic E-state index is 0.190. The highest BCUT2D eigenvalue weighted by Crippen LogP contribution is 3.00. The third-order valence-electron chi connectivity index (χ3n) is 19.5. The first kappa shape index (κ1) is 41.1. The summed E-state index contributed by atoms with van der Waals surface area (Å²) in [6, 6.07) is 64.9. The van der Waals surface area contributed by atoms with E-state index in [1.165, 1.54) is 143 Å². The second-order valence-electron chi connectivity index (χ2n) is 24.5. The zero-order chi connectivity index (χ0) is 48.3. The minimum Gasteiger partial charge on any atom is -0.222 e. The molecule has 0 fully saturated rings. The maximum absolute atomic E-state index is 2.63. The van der Waals surface area contributed by atoms with Crippen molar-refractivity contribution in [3.05, 3.63) is 197 Å². The van der Waals surface area contributed by atoms with Crippen LogP contribution in [-0.4, -0.2) is 25.0 Å². The molecule has 3 heterocycles. The zero-order valence-electron chi connectivity index (χ0n) is 42.4. The van der Waals surface area contributed by atoms with Gasteiger partial charge in [0.05, 0.1) is 0 Å². The molecule has 71 heavy (non-hydrogen) atoms. The number of benzene rings is 10. The highest BCUT2D eigenvalue weighted by atomic mass is 32.3. The molecule has 0 nitrogen and oxygen atoms in total. The van der Waals surface area contributed by atoms with Gasteiger partial charge in [-0.1, -0.05) is 151 Å². The highest BCUT2D eigenvalue weighted by Gasteiger charge is 2.60. The van der Waals surface area contributed by atoms with Gasteiger partial charge in [0, 0.05) is 42.1 Å². The third-order valence-corrected chi connectivity index (χ3v) is 27.7. The van der Waals surface area contributed by atoms with E-state index in [1.807, 2.05) is 0 Å². The molecule has 346 valence electrons. The van der Waals surface area contributed by atoms with Gasteiger partial charge >= 0.3 is 0 Å². The maximum Gasteiger partial charge on any atom is 0.0159 e. The number of hydrogen-bond acceptors (Lipinski definition) is 0. The van der Waals surface area contributed by atoms with Crippen LogP contribution >= 0.6 is 19.2 Å². The lowest BCUT2D eigenvalue weighted by Crippen LogP contribution is -2.17. The van der Waals surface area contributed by atoms with E-state index in [2.05, 4.69) is 230 Å². The van der Waals surface area contributed by atoms with E-state index in [4.69, 9.17) is 0 Å². The molecule has 0 atom stereocenters. The van der Waals surface area contributed by atoms with E-state index in [9.17, 15) is 0 Å². The molecule has 0 amide bonds. The lowest BCUT2D eigenvalue weighted by molar-refractivity contribution is 0.649. The van der Waals surface area contributed by atoms with E-state index in [0.717, 1.165) is 0 Å². The van der Waals surface area contributed by atoms with Gasteiger partial charge in [-0.25, -0.2) is 9.16 Å². The van der Waals surface area contributed by atoms with Crippen molar-refractivity contribution in [2.45, 2.75) is 82.3 Å². The Hall–Kier alpha value is -6.58. The Balaban J connectivity index is 0.870. The minimum atomic E-state index is -2.21. The van der Waals surface area contributed by atoms with Gasteiger partial charge in [0.15, 0.2) is 0 Å². The van der Waals surface area contributed by atoms with E-state index >= 15 is 0 Å². The van der Waals surface area contributed by atoms with Gasteiger partial charge in [-0.3, -0.25) is 0 Å². The molecule has 0 aromatic heterocycles. The first-order valence-corrected chi connectivity index (χ1v) is 31.3. The molecule has 0 saturated carbocycles. The number of thiol groups is 1. The number of rotatable bonds is 2. The Labute approximate surface area is 420 Å². The zero-order valence-corrected chi connectivity index (χ0v) is 44.2. The van der Waals surface area contributed by atoms with Crippen molar-refractivity contribution in [3.63, 3.8) is 0 Å². The third kappa shape index (κ3) is 4.51. The van der Waals surface area contributed by atoms with E-state index < -0.39 is 19.2 Å². The maximum atomic E-state index is 2.63. The van der Waals surface area contributed by atoms with Gasteiger partial charge in [0.25, 0.3) is 0 Å². The summed E-state index contributed by atoms with van der Waals surface area (Å²) in [5, 5.41) is 5.41. The molecule has 6 aliphatic rings. The average molecular weight is 951 g/mol. The Morgan fingerprint density at radius 3 is 1.28 bits per heavy atom. The highest BCUT2D eigenvalue weighted by molar-refractivity contribution is 8.53. The summed E-state index contributed by atoms with van der Waals surface area (Å²) in [5.41, 5.74) is 27.8. The monoisotopic (exact) mass is 950 g/mol. The molecule has 16 rings (SSSR count). The van der Waals surface area contributed by atoms with Crippen molar-refractivity contribution in [2.75, 3.05) is 25.0 Å². The smallest absolute Gasteiger partial charge is 0.0159 e. The molecule has 3 aliphatic heterocycles. The summed E-state index contributed by atoms with van der Waals surface area (Å²) >= 11 is 0. The predicted octanol–water partition coefficient (Wildman–Crippen LogP) is 18.8. The summed E-state index contributed by atoms with van der Waals surface area (Å²) in [5.74, 6) is 0. The first-order valence-electron chi connectivity index (χ1n) is 25.7. The molecule has 0 bridgehead atoms. The van der Waals surface area contributed by atoms with Crippen molar-refractivity contribution in [1.29, 1.82) is 0 Å². The molecule has 3 aliphatic carbocycles. The normalized spacial score (nSPS) is 19.5. The van der Waals surface area contributed by atoms with Crippen molar-refractivity contribution in [1.82, 2.24) is 0 Å². The van der Waals surface area contributed by atoms with Gasteiger partial charge in [0.2, 0.25) is 0 Å². The SMILES string of the molecule is CC1(C)c2cc3c(cc2-c2cc4c(cc21)-c1c(cc(-c2cccc5c2-c2cccc6c2[SH]56(C)C)c2ccccc12)C4(C)C)C(C)(C)c1cc(-c2cccc4c2-c2ccccc2S4(C)C)c2ccccc2c1-3. The topological polar surface area (TPSA) is 0 Å². The van der Waals surface area contributed by atoms with Gasteiger partial charge in [0.1, 0.15) is 0 Å². The van der Waals surface area contributed by atoms with E-state index in [-0.39, 0.29) is 16.2 Å². The van der Waals surface area contributed by atoms with Crippen LogP contribution in [0.15, 0.2) is 188 Å². The second kappa shape index (κ2) is 12.4. The quantitative estimate of drug-likeness (QED) is 0.130. The molecule has 0 spiro atoms. The van der Waals surface area contributed by atoms with Crippen molar-refractivity contribution < 1.29 is 0 Å². The van der Waals surface area contributed by atoms with Crippen LogP contribution in [0.25, 0.3) is 99.4 Å². The number of hydrogen-bond donors (Lipinski definition) is 1. The van der Waals surface area contributed by atoms with Crippen molar-refractivity contribution >= 4 is 40.7 Å². The Morgan fingerprint density at radius 1 is 0.310 bits per heavy atom. The lowest BCUT2D eigenvalue weighted by Gasteiger charge is -2.36. The Kier molecular flexibility index (Phi) is 7.15. The Bertz CT molecular complexity index is 4070. The van der Waals surface area contributed by atoms with Crippen LogP contribution in [0.1, 0.15) is 74.9 Å². The van der Waals surface area contributed by atoms with Gasteiger partial charge in [-0.2, -0.15) is 10.0 Å². The molecular formula is C69H58S2. The standard InChI is InChI=1S/C69H58S2/c1-67(2)52-36-50-54(68(3,4)56-32-46(38-20-11-13-22-40(38)62(50)56)42-25-17-29-59-64(42)44-24-15-16-28-58(44)70(59,7)8)34-48(52)49-35-55-51(37-53(49)67)63-41-23-14-12-21-39(41)47(33-57(63)69(55,5)6)43-26-18-30-60-65(43)45-27-19-31-61-66(45)71(60,61,9)10/h11-37,71H,1-10H3. The molecule has 10 aromatic rings. The van der Waals surface area contributed by atoms with Crippen LogP contribution in [0.2, 0.25) is 0 Å². The van der Waals surface area contributed by atoms with Crippen molar-refractivity contribution in [2.24, 2.45) is 0 Å². The van der Waals surface area contributed by atoms with E-state index in [0.29, 0.717) is 0 Å². The first-order chi connectivity index (χ1) is 33.9. The van der Waals surface area contributed by atoms with Gasteiger partial charge in [-0.15, -0.1) is 0 Å². The van der Waals surface area contributed by atoms with Crippen LogP contribution in [0.4, 0.5) is 0 Å². The summed E-state index contributed by atoms with van der Waals surface area (Å²) in [6.45, 7) is 14.9. The van der Waals surface area contributed by atoms with Gasteiger partial charge in [-0.05, 0) is 211 Å². The molecule has 0 saturated heterocycles. The molecule has 0 radical (unpaired) electrons. The predicted molar refractivity (Wildman–Crippen MR) is 307 cm³/mol. The molecule has 10 aromatic carbocycles. The average Bonchev–Trinajstić information content (AvgIpc) is 3.63. The fraction of sp³-hybridized carbons (Fsp3) is 0.188. The molecular weight excluding hydrogens is 893 g/mol. The Morgan fingerprint density at radius 2 is 0.704 bits per heavy atom. The van der Waals surface area contributed by atoms with Gasteiger partial charge < -0.3 is 0 Å². The lowest BCUT2D eigenvalue weighted by atomic mass is 9.78. The summed E-state index contributed by atoms with van der Waals surface area (Å²) < 4.78 is 0. The van der Waals surface area contributed by atoms with Crippen LogP contribution < -0.4 is 0 Å². The van der Waals surface area contributed by atoms with Crippen LogP contribution in [0.5, 0.6) is 0 Å². The fourth-order valence-corrected chi connectivity index (χ4v) is 23.6. The molecule has 0 N–H and O–H groups in total. The second-order valence-corrected chi connectivity index (χ2v) is 33.7. The van der Waals surface area contributed by atoms with Crippen molar-refractivity contribution in [3.8, 4) is 77.9 Å². The van der Waals surface area contributed by atoms with Crippen LogP contribution in [-0.2, 0) is 16.2 Å². The van der Waals surface area contributed by atoms with E-state index in [1.54, 1.807) is 14.7 Å².